The first-order valence-corrected chi connectivity index (χ1v) is 9.13. The topological polar surface area (TPSA) is 108 Å². The highest BCUT2D eigenvalue weighted by molar-refractivity contribution is 5.87. The molecular formula is C21H25NO6. The highest BCUT2D eigenvalue weighted by Crippen LogP contribution is 2.25. The molecule has 0 spiro atoms. The number of aliphatic hydroxyl groups excluding tert-OH is 3. The van der Waals surface area contributed by atoms with Crippen LogP contribution in [-0.4, -0.2) is 65.6 Å². The van der Waals surface area contributed by atoms with E-state index >= 15 is 0 Å². The molecule has 1 fully saturated rings. The summed E-state index contributed by atoms with van der Waals surface area (Å²) in [6, 6.07) is 18.8. The Balaban J connectivity index is 1.74. The van der Waals surface area contributed by atoms with E-state index < -0.39 is 36.6 Å². The van der Waals surface area contributed by atoms with Gasteiger partial charge in [-0.2, -0.15) is 0 Å². The summed E-state index contributed by atoms with van der Waals surface area (Å²) in [4.78, 5) is 13.0. The number of carbonyl (C=O) groups excluding carboxylic acids is 1. The van der Waals surface area contributed by atoms with Gasteiger partial charge in [-0.3, -0.25) is 4.79 Å². The number of ether oxygens (including phenoxy) is 2. The Morgan fingerprint density at radius 3 is 2.00 bits per heavy atom. The number of aliphatic hydroxyl groups is 3. The van der Waals surface area contributed by atoms with Crippen molar-refractivity contribution in [1.29, 1.82) is 0 Å². The van der Waals surface area contributed by atoms with Gasteiger partial charge >= 0.3 is 0 Å². The lowest BCUT2D eigenvalue weighted by atomic mass is 9.90. The van der Waals surface area contributed by atoms with Gasteiger partial charge in [0.25, 0.3) is 0 Å². The Morgan fingerprint density at radius 1 is 0.964 bits per heavy atom. The van der Waals surface area contributed by atoms with Gasteiger partial charge in [-0.25, -0.2) is 0 Å². The van der Waals surface area contributed by atoms with E-state index in [0.717, 1.165) is 11.1 Å². The van der Waals surface area contributed by atoms with Crippen molar-refractivity contribution < 1.29 is 29.6 Å². The minimum Gasteiger partial charge on any atom is -0.388 e. The van der Waals surface area contributed by atoms with Crippen LogP contribution in [0.2, 0.25) is 0 Å². The zero-order valence-electron chi connectivity index (χ0n) is 15.5. The van der Waals surface area contributed by atoms with E-state index in [4.69, 9.17) is 9.47 Å². The molecule has 1 aliphatic heterocycles. The molecule has 4 N–H and O–H groups in total. The maximum atomic E-state index is 13.0. The molecule has 0 aliphatic carbocycles. The molecule has 2 unspecified atom stereocenters. The minimum atomic E-state index is -1.43. The van der Waals surface area contributed by atoms with Crippen LogP contribution in [-0.2, 0) is 14.3 Å². The second-order valence-corrected chi connectivity index (χ2v) is 6.75. The highest BCUT2D eigenvalue weighted by Gasteiger charge is 2.44. The molecule has 1 saturated heterocycles. The van der Waals surface area contributed by atoms with Gasteiger partial charge in [-0.1, -0.05) is 60.7 Å². The van der Waals surface area contributed by atoms with Crippen LogP contribution in [0.5, 0.6) is 0 Å². The summed E-state index contributed by atoms with van der Waals surface area (Å²) in [5.41, 5.74) is 1.67. The molecule has 3 rings (SSSR count). The molecule has 7 nitrogen and oxygen atoms in total. The van der Waals surface area contributed by atoms with Crippen LogP contribution in [0.1, 0.15) is 17.0 Å². The monoisotopic (exact) mass is 387 g/mol. The van der Waals surface area contributed by atoms with Crippen LogP contribution in [0.25, 0.3) is 0 Å². The largest absolute Gasteiger partial charge is 0.388 e. The number of carbonyl (C=O) groups is 1. The lowest BCUT2D eigenvalue weighted by Gasteiger charge is -2.39. The fourth-order valence-electron chi connectivity index (χ4n) is 3.37. The fraction of sp³-hybridized carbons (Fsp3) is 0.381. The van der Waals surface area contributed by atoms with Crippen LogP contribution >= 0.6 is 0 Å². The van der Waals surface area contributed by atoms with Crippen molar-refractivity contribution in [2.75, 3.05) is 13.7 Å². The second kappa shape index (κ2) is 9.27. The van der Waals surface area contributed by atoms with Crippen molar-refractivity contribution >= 4 is 5.91 Å². The normalized spacial score (nSPS) is 27.5. The summed E-state index contributed by atoms with van der Waals surface area (Å²) in [7, 11) is 1.33. The van der Waals surface area contributed by atoms with Gasteiger partial charge in [-0.05, 0) is 11.1 Å². The quantitative estimate of drug-likeness (QED) is 0.571. The smallest absolute Gasteiger partial charge is 0.232 e. The van der Waals surface area contributed by atoms with Crippen LogP contribution < -0.4 is 5.32 Å². The molecule has 2 aromatic carbocycles. The van der Waals surface area contributed by atoms with Crippen LogP contribution in [0.4, 0.5) is 0 Å². The third-order valence-electron chi connectivity index (χ3n) is 4.91. The SMILES string of the molecule is COC1O[C@H](CNC(=O)C(c2ccccc2)c2ccccc2)[C@@H](O)C(O)[C@@H]1O. The molecular weight excluding hydrogens is 362 g/mol. The Bertz CT molecular complexity index is 715. The molecule has 0 radical (unpaired) electrons. The second-order valence-electron chi connectivity index (χ2n) is 6.75. The Kier molecular flexibility index (Phi) is 6.77. The zero-order chi connectivity index (χ0) is 20.1. The minimum absolute atomic E-state index is 0.0419. The number of hydrogen-bond acceptors (Lipinski definition) is 6. The molecule has 2 aromatic rings. The maximum Gasteiger partial charge on any atom is 0.232 e. The van der Waals surface area contributed by atoms with Crippen molar-refractivity contribution in [3.05, 3.63) is 71.8 Å². The van der Waals surface area contributed by atoms with Gasteiger partial charge in [-0.15, -0.1) is 0 Å². The molecule has 0 aromatic heterocycles. The van der Waals surface area contributed by atoms with Gasteiger partial charge in [0.1, 0.15) is 24.4 Å². The maximum absolute atomic E-state index is 13.0. The molecule has 150 valence electrons. The first-order valence-electron chi connectivity index (χ1n) is 9.13. The highest BCUT2D eigenvalue weighted by atomic mass is 16.7. The molecule has 1 aliphatic rings. The predicted molar refractivity (Wildman–Crippen MR) is 101 cm³/mol. The first-order chi connectivity index (χ1) is 13.5. The zero-order valence-corrected chi connectivity index (χ0v) is 15.5. The van der Waals surface area contributed by atoms with E-state index in [0.29, 0.717) is 0 Å². The molecule has 1 amide bonds. The third-order valence-corrected chi connectivity index (χ3v) is 4.91. The lowest BCUT2D eigenvalue weighted by Crippen LogP contribution is -2.60. The molecule has 5 atom stereocenters. The summed E-state index contributed by atoms with van der Waals surface area (Å²) in [6.07, 6.45) is -6.15. The third kappa shape index (κ3) is 4.40. The van der Waals surface area contributed by atoms with Gasteiger partial charge in [0.05, 0.1) is 5.92 Å². The van der Waals surface area contributed by atoms with Crippen molar-refractivity contribution in [2.24, 2.45) is 0 Å². The van der Waals surface area contributed by atoms with Crippen LogP contribution in [0.3, 0.4) is 0 Å². The fourth-order valence-corrected chi connectivity index (χ4v) is 3.37. The summed E-state index contributed by atoms with van der Waals surface area (Å²) < 4.78 is 10.5. The molecule has 0 bridgehead atoms. The van der Waals surface area contributed by atoms with Gasteiger partial charge in [0.15, 0.2) is 6.29 Å². The first kappa shape index (κ1) is 20.4. The number of hydrogen-bond donors (Lipinski definition) is 4. The van der Waals surface area contributed by atoms with Crippen molar-refractivity contribution in [3.63, 3.8) is 0 Å². The van der Waals surface area contributed by atoms with E-state index in [1.165, 1.54) is 7.11 Å². The van der Waals surface area contributed by atoms with Crippen LogP contribution in [0, 0.1) is 0 Å². The molecule has 0 saturated carbocycles. The van der Waals surface area contributed by atoms with Crippen LogP contribution in [0.15, 0.2) is 60.7 Å². The average Bonchev–Trinajstić information content (AvgIpc) is 2.73. The lowest BCUT2D eigenvalue weighted by molar-refractivity contribution is -0.288. The Labute approximate surface area is 163 Å². The predicted octanol–water partition coefficient (Wildman–Crippen LogP) is 0.389. The summed E-state index contributed by atoms with van der Waals surface area (Å²) in [5.74, 6) is -0.792. The average molecular weight is 387 g/mol. The number of amides is 1. The van der Waals surface area contributed by atoms with Crippen molar-refractivity contribution in [2.45, 2.75) is 36.6 Å². The van der Waals surface area contributed by atoms with Crippen molar-refractivity contribution in [3.8, 4) is 0 Å². The number of methoxy groups -OCH3 is 1. The van der Waals surface area contributed by atoms with Crippen molar-refractivity contribution in [1.82, 2.24) is 5.32 Å². The number of benzene rings is 2. The summed E-state index contributed by atoms with van der Waals surface area (Å²) in [5, 5.41) is 32.8. The Morgan fingerprint density at radius 2 is 1.50 bits per heavy atom. The standard InChI is InChI=1S/C21H25NO6/c1-27-21-19(25)18(24)17(23)15(28-21)12-22-20(26)16(13-8-4-2-5-9-13)14-10-6-3-7-11-14/h2-11,15-19,21,23-25H,12H2,1H3,(H,22,26)/t15-,17-,18?,19+,21?/m1/s1. The van der Waals surface area contributed by atoms with E-state index in [2.05, 4.69) is 5.32 Å². The van der Waals surface area contributed by atoms with E-state index in [1.54, 1.807) is 0 Å². The van der Waals surface area contributed by atoms with E-state index in [1.807, 2.05) is 60.7 Å². The number of nitrogens with one attached hydrogen (secondary N) is 1. The molecule has 7 heteroatoms. The van der Waals surface area contributed by atoms with Gasteiger partial charge in [0, 0.05) is 13.7 Å². The summed E-state index contributed by atoms with van der Waals surface area (Å²) >= 11 is 0. The number of rotatable bonds is 6. The van der Waals surface area contributed by atoms with E-state index in [9.17, 15) is 20.1 Å². The van der Waals surface area contributed by atoms with Gasteiger partial charge in [0.2, 0.25) is 5.91 Å². The molecule has 1 heterocycles. The van der Waals surface area contributed by atoms with E-state index in [-0.39, 0.29) is 12.5 Å². The van der Waals surface area contributed by atoms with Gasteiger partial charge < -0.3 is 30.1 Å². The summed E-state index contributed by atoms with van der Waals surface area (Å²) in [6.45, 7) is -0.0419. The molecule has 28 heavy (non-hydrogen) atoms. The Hall–Kier alpha value is -2.29.